The van der Waals surface area contributed by atoms with Gasteiger partial charge in [0, 0.05) is 29.5 Å². The summed E-state index contributed by atoms with van der Waals surface area (Å²) < 4.78 is 8.61. The molecule has 2 aromatic heterocycles. The van der Waals surface area contributed by atoms with E-state index in [2.05, 4.69) is 28.0 Å². The van der Waals surface area contributed by atoms with E-state index in [1.807, 2.05) is 29.8 Å². The fraction of sp³-hybridized carbons (Fsp3) is 0.250. The molecule has 0 aliphatic carbocycles. The first-order chi connectivity index (χ1) is 15.0. The van der Waals surface area contributed by atoms with Gasteiger partial charge in [0.05, 0.1) is 28.0 Å². The minimum atomic E-state index is -1.000. The van der Waals surface area contributed by atoms with Crippen LogP contribution in [0.5, 0.6) is 0 Å². The van der Waals surface area contributed by atoms with Gasteiger partial charge >= 0.3 is 5.97 Å². The smallest absolute Gasteiger partial charge is 0.336 e. The fourth-order valence-electron chi connectivity index (χ4n) is 3.99. The van der Waals surface area contributed by atoms with E-state index in [9.17, 15) is 15.0 Å². The van der Waals surface area contributed by atoms with E-state index in [-0.39, 0.29) is 12.2 Å². The Kier molecular flexibility index (Phi) is 5.98. The molecule has 0 spiro atoms. The maximum atomic E-state index is 11.6. The molecule has 2 heterocycles. The molecule has 0 radical (unpaired) electrons. The standard InChI is InChI=1S/C24H23BrN2O4/c1-3-19-17(20(13-28)27(4-2)26-19)11-14-9-10-21-18(12-14)22(25)23(31-21)15-7-5-6-8-16(15)24(29)30/h5-10,12,28H,3-4,11,13H2,1-2H3,(H,29,30). The maximum absolute atomic E-state index is 11.6. The lowest BCUT2D eigenvalue weighted by atomic mass is 10.00. The van der Waals surface area contributed by atoms with Crippen LogP contribution >= 0.6 is 15.9 Å². The number of benzene rings is 2. The number of aryl methyl sites for hydroxylation is 2. The molecule has 6 nitrogen and oxygen atoms in total. The number of aliphatic hydroxyl groups excluding tert-OH is 1. The molecule has 0 bridgehead atoms. The first-order valence-corrected chi connectivity index (χ1v) is 11.0. The van der Waals surface area contributed by atoms with E-state index < -0.39 is 5.97 Å². The first-order valence-electron chi connectivity index (χ1n) is 10.2. The van der Waals surface area contributed by atoms with Crippen LogP contribution in [0, 0.1) is 0 Å². The maximum Gasteiger partial charge on any atom is 0.336 e. The van der Waals surface area contributed by atoms with Crippen LogP contribution in [0.25, 0.3) is 22.3 Å². The number of carboxylic acids is 1. The average molecular weight is 483 g/mol. The summed E-state index contributed by atoms with van der Waals surface area (Å²) in [5.74, 6) is -0.505. The lowest BCUT2D eigenvalue weighted by Gasteiger charge is -2.06. The zero-order valence-electron chi connectivity index (χ0n) is 17.4. The molecule has 7 heteroatoms. The number of aromatic nitrogens is 2. The second kappa shape index (κ2) is 8.69. The van der Waals surface area contributed by atoms with E-state index in [1.165, 1.54) is 0 Å². The molecule has 31 heavy (non-hydrogen) atoms. The monoisotopic (exact) mass is 482 g/mol. The fourth-order valence-corrected chi connectivity index (χ4v) is 4.59. The number of furan rings is 1. The summed E-state index contributed by atoms with van der Waals surface area (Å²) in [5.41, 5.74) is 5.35. The van der Waals surface area contributed by atoms with Gasteiger partial charge in [-0.25, -0.2) is 4.79 Å². The van der Waals surface area contributed by atoms with Crippen molar-refractivity contribution >= 4 is 32.9 Å². The van der Waals surface area contributed by atoms with Crippen molar-refractivity contribution in [1.82, 2.24) is 9.78 Å². The van der Waals surface area contributed by atoms with E-state index >= 15 is 0 Å². The van der Waals surface area contributed by atoms with Gasteiger partial charge in [0.1, 0.15) is 11.3 Å². The predicted molar refractivity (Wildman–Crippen MR) is 122 cm³/mol. The van der Waals surface area contributed by atoms with Crippen molar-refractivity contribution < 1.29 is 19.4 Å². The van der Waals surface area contributed by atoms with Crippen LogP contribution in [0.3, 0.4) is 0 Å². The molecule has 2 aromatic carbocycles. The van der Waals surface area contributed by atoms with E-state index in [4.69, 9.17) is 4.42 Å². The van der Waals surface area contributed by atoms with Crippen molar-refractivity contribution in [2.45, 2.75) is 39.8 Å². The number of aliphatic hydroxyl groups is 1. The third-order valence-electron chi connectivity index (χ3n) is 5.51. The first kappa shape index (κ1) is 21.3. The normalized spacial score (nSPS) is 11.4. The highest BCUT2D eigenvalue weighted by atomic mass is 79.9. The second-order valence-corrected chi connectivity index (χ2v) is 8.10. The minimum absolute atomic E-state index is 0.0516. The Morgan fingerprint density at radius 1 is 1.19 bits per heavy atom. The molecule has 0 saturated heterocycles. The van der Waals surface area contributed by atoms with E-state index in [0.29, 0.717) is 29.9 Å². The van der Waals surface area contributed by atoms with Crippen molar-refractivity contribution in [3.05, 3.63) is 75.0 Å². The van der Waals surface area contributed by atoms with Gasteiger partial charge in [-0.2, -0.15) is 5.10 Å². The van der Waals surface area contributed by atoms with Gasteiger partial charge in [-0.05, 0) is 53.0 Å². The Morgan fingerprint density at radius 2 is 1.97 bits per heavy atom. The van der Waals surface area contributed by atoms with Crippen molar-refractivity contribution in [3.63, 3.8) is 0 Å². The zero-order valence-corrected chi connectivity index (χ0v) is 18.9. The summed E-state index contributed by atoms with van der Waals surface area (Å²) in [7, 11) is 0. The molecule has 4 aromatic rings. The third-order valence-corrected chi connectivity index (χ3v) is 6.30. The van der Waals surface area contributed by atoms with Crippen LogP contribution in [-0.2, 0) is 26.0 Å². The topological polar surface area (TPSA) is 88.5 Å². The number of nitrogens with zero attached hydrogens (tertiary/aromatic N) is 2. The van der Waals surface area contributed by atoms with Crippen molar-refractivity contribution in [2.75, 3.05) is 0 Å². The molecule has 0 aliphatic heterocycles. The molecule has 0 aliphatic rings. The molecule has 0 unspecified atom stereocenters. The van der Waals surface area contributed by atoms with Gasteiger partial charge in [0.15, 0.2) is 0 Å². The molecule has 0 fully saturated rings. The molecule has 160 valence electrons. The Balaban J connectivity index is 1.78. The largest absolute Gasteiger partial charge is 0.478 e. The number of carboxylic acid groups (broad SMARTS) is 1. The Bertz CT molecular complexity index is 1270. The zero-order chi connectivity index (χ0) is 22.1. The third kappa shape index (κ3) is 3.79. The molecule has 2 N–H and O–H groups in total. The summed E-state index contributed by atoms with van der Waals surface area (Å²) in [5, 5.41) is 25.0. The summed E-state index contributed by atoms with van der Waals surface area (Å²) >= 11 is 3.62. The molecule has 4 rings (SSSR count). The summed E-state index contributed by atoms with van der Waals surface area (Å²) in [6.07, 6.45) is 1.44. The number of carbonyl (C=O) groups is 1. The average Bonchev–Trinajstić information content (AvgIpc) is 3.30. The minimum Gasteiger partial charge on any atom is -0.478 e. The Morgan fingerprint density at radius 3 is 2.65 bits per heavy atom. The van der Waals surface area contributed by atoms with Gasteiger partial charge in [-0.15, -0.1) is 0 Å². The van der Waals surface area contributed by atoms with Crippen molar-refractivity contribution in [3.8, 4) is 11.3 Å². The molecular formula is C24H23BrN2O4. The van der Waals surface area contributed by atoms with E-state index in [1.54, 1.807) is 24.3 Å². The quantitative estimate of drug-likeness (QED) is 0.366. The van der Waals surface area contributed by atoms with Crippen molar-refractivity contribution in [1.29, 1.82) is 0 Å². The molecular weight excluding hydrogens is 460 g/mol. The summed E-state index contributed by atoms with van der Waals surface area (Å²) in [4.78, 5) is 11.6. The van der Waals surface area contributed by atoms with Crippen LogP contribution < -0.4 is 0 Å². The number of halogens is 1. The molecule has 0 saturated carbocycles. The highest BCUT2D eigenvalue weighted by Gasteiger charge is 2.21. The molecule has 0 atom stereocenters. The summed E-state index contributed by atoms with van der Waals surface area (Å²) in [6.45, 7) is 4.74. The van der Waals surface area contributed by atoms with Crippen LogP contribution in [0.1, 0.15) is 46.7 Å². The lowest BCUT2D eigenvalue weighted by molar-refractivity contribution is 0.0697. The van der Waals surface area contributed by atoms with Gasteiger partial charge in [0.25, 0.3) is 0 Å². The van der Waals surface area contributed by atoms with Gasteiger partial charge in [0.2, 0.25) is 0 Å². The van der Waals surface area contributed by atoms with Gasteiger partial charge < -0.3 is 14.6 Å². The Hall–Kier alpha value is -2.90. The SMILES string of the molecule is CCc1nn(CC)c(CO)c1Cc1ccc2oc(-c3ccccc3C(=O)O)c(Br)c2c1. The number of hydrogen-bond donors (Lipinski definition) is 2. The number of fused-ring (bicyclic) bond motifs is 1. The number of hydrogen-bond acceptors (Lipinski definition) is 4. The lowest BCUT2D eigenvalue weighted by Crippen LogP contribution is -2.04. The highest BCUT2D eigenvalue weighted by molar-refractivity contribution is 9.10. The van der Waals surface area contributed by atoms with Crippen LogP contribution in [-0.4, -0.2) is 26.0 Å². The second-order valence-electron chi connectivity index (χ2n) is 7.30. The van der Waals surface area contributed by atoms with E-state index in [0.717, 1.165) is 38.8 Å². The van der Waals surface area contributed by atoms with Crippen LogP contribution in [0.15, 0.2) is 51.4 Å². The Labute approximate surface area is 188 Å². The predicted octanol–water partition coefficient (Wildman–Crippen LogP) is 5.42. The van der Waals surface area contributed by atoms with Crippen molar-refractivity contribution in [2.24, 2.45) is 0 Å². The number of rotatable bonds is 7. The molecule has 0 amide bonds. The number of aromatic carboxylic acids is 1. The van der Waals surface area contributed by atoms with Crippen LogP contribution in [0.4, 0.5) is 0 Å². The van der Waals surface area contributed by atoms with Gasteiger partial charge in [-0.1, -0.05) is 31.2 Å². The highest BCUT2D eigenvalue weighted by Crippen LogP contribution is 2.39. The van der Waals surface area contributed by atoms with Crippen LogP contribution in [0.2, 0.25) is 0 Å². The summed E-state index contributed by atoms with van der Waals surface area (Å²) in [6, 6.07) is 12.7. The van der Waals surface area contributed by atoms with Gasteiger partial charge in [-0.3, -0.25) is 4.68 Å².